The lowest BCUT2D eigenvalue weighted by Gasteiger charge is -2.22. The SMILES string of the molecule is CC(C)(C)NC(Cl)C(=O)Cl.Cl. The minimum atomic E-state index is -0.790. The Morgan fingerprint density at radius 1 is 1.45 bits per heavy atom. The lowest BCUT2D eigenvalue weighted by atomic mass is 10.1. The van der Waals surface area contributed by atoms with Gasteiger partial charge in [-0.2, -0.15) is 0 Å². The molecule has 0 saturated carbocycles. The van der Waals surface area contributed by atoms with E-state index in [0.717, 1.165) is 0 Å². The van der Waals surface area contributed by atoms with E-state index in [4.69, 9.17) is 23.2 Å². The van der Waals surface area contributed by atoms with Crippen LogP contribution in [-0.2, 0) is 4.79 Å². The number of carbonyl (C=O) groups excluding carboxylic acids is 1. The van der Waals surface area contributed by atoms with Gasteiger partial charge < -0.3 is 0 Å². The first-order valence-electron chi connectivity index (χ1n) is 2.94. The highest BCUT2D eigenvalue weighted by Crippen LogP contribution is 2.05. The van der Waals surface area contributed by atoms with Gasteiger partial charge in [0.15, 0.2) is 5.50 Å². The van der Waals surface area contributed by atoms with E-state index in [1.165, 1.54) is 0 Å². The topological polar surface area (TPSA) is 29.1 Å². The molecule has 1 N–H and O–H groups in total. The Morgan fingerprint density at radius 3 is 1.91 bits per heavy atom. The normalized spacial score (nSPS) is 13.5. The number of nitrogens with one attached hydrogen (secondary N) is 1. The lowest BCUT2D eigenvalue weighted by Crippen LogP contribution is -2.43. The van der Waals surface area contributed by atoms with Crippen LogP contribution in [-0.4, -0.2) is 16.3 Å². The maximum atomic E-state index is 10.4. The Bertz CT molecular complexity index is 132. The van der Waals surface area contributed by atoms with Gasteiger partial charge in [-0.3, -0.25) is 10.1 Å². The molecule has 0 aliphatic carbocycles. The Balaban J connectivity index is 0. The van der Waals surface area contributed by atoms with Crippen LogP contribution in [0.3, 0.4) is 0 Å². The maximum absolute atomic E-state index is 10.4. The summed E-state index contributed by atoms with van der Waals surface area (Å²) in [5.74, 6) is 0. The second-order valence-electron chi connectivity index (χ2n) is 3.06. The molecule has 0 rings (SSSR count). The van der Waals surface area contributed by atoms with Crippen LogP contribution in [0.25, 0.3) is 0 Å². The van der Waals surface area contributed by atoms with Crippen molar-refractivity contribution in [3.8, 4) is 0 Å². The number of rotatable bonds is 2. The van der Waals surface area contributed by atoms with E-state index in [1.54, 1.807) is 0 Å². The molecule has 0 aromatic rings. The molecule has 11 heavy (non-hydrogen) atoms. The van der Waals surface area contributed by atoms with Crippen molar-refractivity contribution in [2.24, 2.45) is 0 Å². The first kappa shape index (κ1) is 14.0. The van der Waals surface area contributed by atoms with Crippen LogP contribution >= 0.6 is 35.6 Å². The summed E-state index contributed by atoms with van der Waals surface area (Å²) in [5, 5.41) is 2.23. The highest BCUT2D eigenvalue weighted by atomic mass is 35.5. The smallest absolute Gasteiger partial charge is 0.253 e. The standard InChI is InChI=1S/C6H11Cl2NO.ClH/c1-6(2,3)9-4(7)5(8)10;/h4,9H,1-3H3;1H. The predicted octanol–water partition coefficient (Wildman–Crippen LogP) is 2.13. The van der Waals surface area contributed by atoms with E-state index < -0.39 is 10.7 Å². The van der Waals surface area contributed by atoms with Crippen LogP contribution in [0.2, 0.25) is 0 Å². The van der Waals surface area contributed by atoms with E-state index >= 15 is 0 Å². The summed E-state index contributed by atoms with van der Waals surface area (Å²) in [7, 11) is 0. The molecule has 0 aliphatic rings. The molecule has 0 heterocycles. The molecule has 0 aliphatic heterocycles. The molecule has 1 unspecified atom stereocenters. The molecule has 1 atom stereocenters. The summed E-state index contributed by atoms with van der Waals surface area (Å²) in [6.45, 7) is 5.71. The van der Waals surface area contributed by atoms with Gasteiger partial charge in [-0.1, -0.05) is 11.6 Å². The molecule has 0 saturated heterocycles. The average Bonchev–Trinajstić information content (AvgIpc) is 1.60. The van der Waals surface area contributed by atoms with Gasteiger partial charge >= 0.3 is 0 Å². The molecular formula is C6H12Cl3NO. The monoisotopic (exact) mass is 219 g/mol. The van der Waals surface area contributed by atoms with Crippen LogP contribution < -0.4 is 5.32 Å². The molecule has 68 valence electrons. The van der Waals surface area contributed by atoms with Crippen LogP contribution in [0.15, 0.2) is 0 Å². The molecule has 0 spiro atoms. The molecule has 0 amide bonds. The largest absolute Gasteiger partial charge is 0.289 e. The maximum Gasteiger partial charge on any atom is 0.253 e. The van der Waals surface area contributed by atoms with E-state index in [1.807, 2.05) is 20.8 Å². The number of hydrogen-bond acceptors (Lipinski definition) is 2. The van der Waals surface area contributed by atoms with Crippen LogP contribution in [0, 0.1) is 0 Å². The van der Waals surface area contributed by atoms with Crippen molar-refractivity contribution < 1.29 is 4.79 Å². The van der Waals surface area contributed by atoms with Gasteiger partial charge in [0.1, 0.15) is 0 Å². The highest BCUT2D eigenvalue weighted by molar-refractivity contribution is 6.69. The number of carbonyl (C=O) groups is 1. The fourth-order valence-electron chi connectivity index (χ4n) is 0.437. The summed E-state index contributed by atoms with van der Waals surface area (Å²) < 4.78 is 0. The second-order valence-corrected chi connectivity index (χ2v) is 3.87. The molecule has 0 aromatic heterocycles. The molecule has 5 heteroatoms. The van der Waals surface area contributed by atoms with Gasteiger partial charge in [0.05, 0.1) is 0 Å². The first-order valence-corrected chi connectivity index (χ1v) is 3.75. The molecule has 2 nitrogen and oxygen atoms in total. The Morgan fingerprint density at radius 2 is 1.82 bits per heavy atom. The molecule has 0 fully saturated rings. The van der Waals surface area contributed by atoms with Crippen molar-refractivity contribution in [3.05, 3.63) is 0 Å². The fourth-order valence-corrected chi connectivity index (χ4v) is 0.819. The highest BCUT2D eigenvalue weighted by Gasteiger charge is 2.19. The molecule has 0 bridgehead atoms. The Kier molecular flexibility index (Phi) is 6.64. The van der Waals surface area contributed by atoms with Gasteiger partial charge in [0.2, 0.25) is 0 Å². The summed E-state index contributed by atoms with van der Waals surface area (Å²) >= 11 is 10.6. The van der Waals surface area contributed by atoms with Crippen molar-refractivity contribution in [2.75, 3.05) is 0 Å². The predicted molar refractivity (Wildman–Crippen MR) is 50.6 cm³/mol. The summed E-state index contributed by atoms with van der Waals surface area (Å²) in [5.41, 5.74) is -0.974. The summed E-state index contributed by atoms with van der Waals surface area (Å²) in [6.07, 6.45) is 0. The Labute approximate surface area is 83.0 Å². The average molecular weight is 221 g/mol. The second kappa shape index (κ2) is 5.20. The van der Waals surface area contributed by atoms with Gasteiger partial charge in [-0.15, -0.1) is 12.4 Å². The summed E-state index contributed by atoms with van der Waals surface area (Å²) in [6, 6.07) is 0. The number of hydrogen-bond donors (Lipinski definition) is 1. The van der Waals surface area contributed by atoms with Crippen LogP contribution in [0.5, 0.6) is 0 Å². The summed E-state index contributed by atoms with van der Waals surface area (Å²) in [4.78, 5) is 10.4. The van der Waals surface area contributed by atoms with Crippen molar-refractivity contribution in [2.45, 2.75) is 31.8 Å². The minimum Gasteiger partial charge on any atom is -0.289 e. The Hall–Kier alpha value is 0.500. The van der Waals surface area contributed by atoms with Crippen molar-refractivity contribution in [3.63, 3.8) is 0 Å². The number of halogens is 3. The van der Waals surface area contributed by atoms with E-state index in [0.29, 0.717) is 0 Å². The third-order valence-corrected chi connectivity index (χ3v) is 1.40. The van der Waals surface area contributed by atoms with Gasteiger partial charge in [-0.25, -0.2) is 0 Å². The van der Waals surface area contributed by atoms with Crippen LogP contribution in [0.1, 0.15) is 20.8 Å². The molecular weight excluding hydrogens is 208 g/mol. The van der Waals surface area contributed by atoms with E-state index in [-0.39, 0.29) is 17.9 Å². The third kappa shape index (κ3) is 8.41. The quantitative estimate of drug-likeness (QED) is 0.439. The zero-order chi connectivity index (χ0) is 8.36. The van der Waals surface area contributed by atoms with E-state index in [2.05, 4.69) is 5.32 Å². The minimum absolute atomic E-state index is 0. The zero-order valence-electron chi connectivity index (χ0n) is 6.65. The molecule has 0 radical (unpaired) electrons. The third-order valence-electron chi connectivity index (χ3n) is 0.759. The van der Waals surface area contributed by atoms with E-state index in [9.17, 15) is 4.79 Å². The van der Waals surface area contributed by atoms with Gasteiger partial charge in [-0.05, 0) is 32.4 Å². The molecule has 0 aromatic carbocycles. The first-order chi connectivity index (χ1) is 4.33. The van der Waals surface area contributed by atoms with Crippen LogP contribution in [0.4, 0.5) is 0 Å². The van der Waals surface area contributed by atoms with Gasteiger partial charge in [0.25, 0.3) is 5.24 Å². The fraction of sp³-hybridized carbons (Fsp3) is 0.833. The van der Waals surface area contributed by atoms with Crippen molar-refractivity contribution in [1.29, 1.82) is 0 Å². The van der Waals surface area contributed by atoms with Gasteiger partial charge in [0, 0.05) is 5.54 Å². The lowest BCUT2D eigenvalue weighted by molar-refractivity contribution is -0.112. The number of alkyl halides is 1. The van der Waals surface area contributed by atoms with Crippen molar-refractivity contribution >= 4 is 40.9 Å². The zero-order valence-corrected chi connectivity index (χ0v) is 8.98. The van der Waals surface area contributed by atoms with Crippen molar-refractivity contribution in [1.82, 2.24) is 5.32 Å².